The molecule has 1 saturated heterocycles. The summed E-state index contributed by atoms with van der Waals surface area (Å²) in [6, 6.07) is 21.9. The highest BCUT2D eigenvalue weighted by Crippen LogP contribution is 2.31. The SMILES string of the molecule is O=C(O)N1CCN(c2cc(F)c(N(Cc3ccccc3)Cc3ccccc3)c(F)c2)CC1. The van der Waals surface area contributed by atoms with E-state index in [1.807, 2.05) is 65.6 Å². The standard InChI is InChI=1S/C25H25F2N3O2/c26-22-15-21(28-11-13-29(14-12-28)25(31)32)16-23(27)24(22)30(17-19-7-3-1-4-8-19)18-20-9-5-2-6-10-20/h1-10,15-16H,11-14,17-18H2,(H,31,32). The van der Waals surface area contributed by atoms with Crippen LogP contribution in [0.4, 0.5) is 25.0 Å². The lowest BCUT2D eigenvalue weighted by Crippen LogP contribution is -2.48. The molecule has 0 saturated carbocycles. The first-order valence-electron chi connectivity index (χ1n) is 10.6. The number of hydrogen-bond donors (Lipinski definition) is 1. The number of rotatable bonds is 6. The second-order valence-corrected chi connectivity index (χ2v) is 7.84. The minimum atomic E-state index is -0.977. The van der Waals surface area contributed by atoms with Gasteiger partial charge >= 0.3 is 6.09 Å². The number of carboxylic acid groups (broad SMARTS) is 1. The van der Waals surface area contributed by atoms with Crippen molar-refractivity contribution >= 4 is 17.5 Å². The molecule has 0 atom stereocenters. The number of halogens is 2. The Morgan fingerprint density at radius 2 is 1.28 bits per heavy atom. The zero-order chi connectivity index (χ0) is 22.5. The Balaban J connectivity index is 1.61. The van der Waals surface area contributed by atoms with Crippen molar-refractivity contribution in [2.45, 2.75) is 13.1 Å². The minimum absolute atomic E-state index is 0.0642. The molecule has 1 aliphatic rings. The molecule has 1 fully saturated rings. The van der Waals surface area contributed by atoms with Crippen molar-refractivity contribution in [3.05, 3.63) is 95.6 Å². The summed E-state index contributed by atoms with van der Waals surface area (Å²) in [6.45, 7) is 2.11. The molecule has 0 bridgehead atoms. The molecular formula is C25H25F2N3O2. The number of hydrogen-bond acceptors (Lipinski definition) is 3. The highest BCUT2D eigenvalue weighted by atomic mass is 19.1. The molecule has 166 valence electrons. The Morgan fingerprint density at radius 1 is 0.812 bits per heavy atom. The van der Waals surface area contributed by atoms with Crippen LogP contribution in [0.2, 0.25) is 0 Å². The minimum Gasteiger partial charge on any atom is -0.465 e. The van der Waals surface area contributed by atoms with Crippen LogP contribution in [0, 0.1) is 11.6 Å². The Hall–Kier alpha value is -3.61. The van der Waals surface area contributed by atoms with Crippen LogP contribution in [0.15, 0.2) is 72.8 Å². The highest BCUT2D eigenvalue weighted by molar-refractivity contribution is 5.66. The zero-order valence-corrected chi connectivity index (χ0v) is 17.6. The lowest BCUT2D eigenvalue weighted by Gasteiger charge is -2.35. The van der Waals surface area contributed by atoms with E-state index in [4.69, 9.17) is 5.11 Å². The number of amides is 1. The summed E-state index contributed by atoms with van der Waals surface area (Å²) in [5.41, 5.74) is 2.27. The van der Waals surface area contributed by atoms with Crippen LogP contribution < -0.4 is 9.80 Å². The van der Waals surface area contributed by atoms with Crippen molar-refractivity contribution in [2.24, 2.45) is 0 Å². The molecule has 0 aliphatic carbocycles. The van der Waals surface area contributed by atoms with Gasteiger partial charge in [-0.2, -0.15) is 0 Å². The summed E-state index contributed by atoms with van der Waals surface area (Å²) in [4.78, 5) is 15.9. The number of anilines is 2. The van der Waals surface area contributed by atoms with Crippen molar-refractivity contribution in [3.63, 3.8) is 0 Å². The van der Waals surface area contributed by atoms with E-state index in [1.54, 1.807) is 4.90 Å². The molecule has 0 aromatic heterocycles. The van der Waals surface area contributed by atoms with Gasteiger partial charge in [-0.15, -0.1) is 0 Å². The van der Waals surface area contributed by atoms with E-state index in [0.717, 1.165) is 11.1 Å². The van der Waals surface area contributed by atoms with Crippen molar-refractivity contribution in [3.8, 4) is 0 Å². The predicted molar refractivity (Wildman–Crippen MR) is 121 cm³/mol. The number of benzene rings is 3. The van der Waals surface area contributed by atoms with Gasteiger partial charge in [0.15, 0.2) is 11.6 Å². The summed E-state index contributed by atoms with van der Waals surface area (Å²) < 4.78 is 30.6. The summed E-state index contributed by atoms with van der Waals surface area (Å²) in [5, 5.41) is 9.10. The zero-order valence-electron chi connectivity index (χ0n) is 17.6. The van der Waals surface area contributed by atoms with Crippen LogP contribution in [0.1, 0.15) is 11.1 Å². The molecule has 1 N–H and O–H groups in total. The molecular weight excluding hydrogens is 412 g/mol. The summed E-state index contributed by atoms with van der Waals surface area (Å²) >= 11 is 0. The third-order valence-electron chi connectivity index (χ3n) is 5.67. The Morgan fingerprint density at radius 3 is 1.72 bits per heavy atom. The molecule has 7 heteroatoms. The smallest absolute Gasteiger partial charge is 0.407 e. The first-order chi connectivity index (χ1) is 15.5. The van der Waals surface area contributed by atoms with Gasteiger partial charge < -0.3 is 19.8 Å². The fourth-order valence-corrected chi connectivity index (χ4v) is 4.01. The summed E-state index contributed by atoms with van der Waals surface area (Å²) in [5.74, 6) is -1.26. The van der Waals surface area contributed by atoms with Crippen LogP contribution in [-0.4, -0.2) is 42.3 Å². The van der Waals surface area contributed by atoms with Crippen LogP contribution in [0.25, 0.3) is 0 Å². The van der Waals surface area contributed by atoms with Crippen molar-refractivity contribution < 1.29 is 18.7 Å². The fraction of sp³-hybridized carbons (Fsp3) is 0.240. The average molecular weight is 437 g/mol. The molecule has 3 aromatic rings. The fourth-order valence-electron chi connectivity index (χ4n) is 4.01. The maximum atomic E-state index is 15.3. The molecule has 32 heavy (non-hydrogen) atoms. The van der Waals surface area contributed by atoms with Crippen molar-refractivity contribution in [1.29, 1.82) is 0 Å². The van der Waals surface area contributed by atoms with Crippen LogP contribution >= 0.6 is 0 Å². The van der Waals surface area contributed by atoms with Gasteiger partial charge in [-0.25, -0.2) is 13.6 Å². The largest absolute Gasteiger partial charge is 0.465 e. The monoisotopic (exact) mass is 437 g/mol. The lowest BCUT2D eigenvalue weighted by molar-refractivity contribution is 0.142. The maximum Gasteiger partial charge on any atom is 0.407 e. The molecule has 3 aromatic carbocycles. The van der Waals surface area contributed by atoms with E-state index in [-0.39, 0.29) is 5.69 Å². The van der Waals surface area contributed by atoms with E-state index in [2.05, 4.69) is 0 Å². The quantitative estimate of drug-likeness (QED) is 0.591. The molecule has 0 unspecified atom stereocenters. The van der Waals surface area contributed by atoms with Gasteiger partial charge in [-0.05, 0) is 23.3 Å². The van der Waals surface area contributed by atoms with E-state index < -0.39 is 17.7 Å². The second-order valence-electron chi connectivity index (χ2n) is 7.84. The number of carbonyl (C=O) groups is 1. The number of nitrogens with zero attached hydrogens (tertiary/aromatic N) is 3. The summed E-state index contributed by atoms with van der Waals surface area (Å²) in [7, 11) is 0. The van der Waals surface area contributed by atoms with Gasteiger partial charge in [0.2, 0.25) is 0 Å². The van der Waals surface area contributed by atoms with Gasteiger partial charge in [0.05, 0.1) is 0 Å². The molecule has 4 rings (SSSR count). The first-order valence-corrected chi connectivity index (χ1v) is 10.6. The van der Waals surface area contributed by atoms with E-state index in [1.165, 1.54) is 17.0 Å². The van der Waals surface area contributed by atoms with Crippen molar-refractivity contribution in [2.75, 3.05) is 36.0 Å². The highest BCUT2D eigenvalue weighted by Gasteiger charge is 2.24. The van der Waals surface area contributed by atoms with Gasteiger partial charge in [-0.1, -0.05) is 60.7 Å². The Bertz CT molecular complexity index is 991. The molecule has 5 nitrogen and oxygen atoms in total. The average Bonchev–Trinajstić information content (AvgIpc) is 2.80. The molecule has 1 aliphatic heterocycles. The van der Waals surface area contributed by atoms with Crippen LogP contribution in [-0.2, 0) is 13.1 Å². The topological polar surface area (TPSA) is 47.0 Å². The van der Waals surface area contributed by atoms with Crippen molar-refractivity contribution in [1.82, 2.24) is 4.90 Å². The van der Waals surface area contributed by atoms with Gasteiger partial charge in [0.1, 0.15) is 5.69 Å². The van der Waals surface area contributed by atoms with Crippen LogP contribution in [0.5, 0.6) is 0 Å². The Kier molecular flexibility index (Phi) is 6.54. The molecule has 1 heterocycles. The van der Waals surface area contributed by atoms with Crippen LogP contribution in [0.3, 0.4) is 0 Å². The predicted octanol–water partition coefficient (Wildman–Crippen LogP) is 4.97. The molecule has 0 spiro atoms. The Labute approximate surface area is 186 Å². The van der Waals surface area contributed by atoms with Gasteiger partial charge in [0.25, 0.3) is 0 Å². The number of piperazine rings is 1. The van der Waals surface area contributed by atoms with Gasteiger partial charge in [0, 0.05) is 45.0 Å². The lowest BCUT2D eigenvalue weighted by atomic mass is 10.1. The summed E-state index contributed by atoms with van der Waals surface area (Å²) in [6.07, 6.45) is -0.977. The third-order valence-corrected chi connectivity index (χ3v) is 5.67. The molecule has 1 amide bonds. The first kappa shape index (κ1) is 21.6. The van der Waals surface area contributed by atoms with E-state index in [0.29, 0.717) is 45.0 Å². The third kappa shape index (κ3) is 4.99. The van der Waals surface area contributed by atoms with E-state index >= 15 is 8.78 Å². The second kappa shape index (κ2) is 9.68. The van der Waals surface area contributed by atoms with E-state index in [9.17, 15) is 4.79 Å². The molecule has 0 radical (unpaired) electrons. The maximum absolute atomic E-state index is 15.3. The van der Waals surface area contributed by atoms with Gasteiger partial charge in [-0.3, -0.25) is 0 Å². The normalized spacial score (nSPS) is 13.8.